The summed E-state index contributed by atoms with van der Waals surface area (Å²) in [6.45, 7) is 2.31. The lowest BCUT2D eigenvalue weighted by molar-refractivity contribution is -0.161. The summed E-state index contributed by atoms with van der Waals surface area (Å²) in [7, 11) is -4.69. The number of carboxylic acid groups (broad SMARTS) is 1. The monoisotopic (exact) mass is 645 g/mol. The smallest absolute Gasteiger partial charge is 0.472 e. The van der Waals surface area contributed by atoms with Crippen molar-refractivity contribution in [3.8, 4) is 0 Å². The summed E-state index contributed by atoms with van der Waals surface area (Å²) in [6, 6.07) is -1.52. The van der Waals surface area contributed by atoms with Crippen molar-refractivity contribution in [3.05, 3.63) is 36.5 Å². The van der Waals surface area contributed by atoms with Crippen molar-refractivity contribution in [2.75, 3.05) is 19.8 Å². The maximum Gasteiger partial charge on any atom is 0.472 e. The molecule has 0 aliphatic rings. The van der Waals surface area contributed by atoms with Gasteiger partial charge in [-0.15, -0.1) is 0 Å². The van der Waals surface area contributed by atoms with E-state index in [1.807, 2.05) is 0 Å². The van der Waals surface area contributed by atoms with Crippen LogP contribution in [0.3, 0.4) is 0 Å². The van der Waals surface area contributed by atoms with E-state index < -0.39 is 51.1 Å². The van der Waals surface area contributed by atoms with Gasteiger partial charge in [-0.2, -0.15) is 0 Å². The number of aliphatic carboxylic acids is 1. The van der Waals surface area contributed by atoms with Crippen LogP contribution in [0.2, 0.25) is 0 Å². The van der Waals surface area contributed by atoms with Crippen LogP contribution in [0.15, 0.2) is 36.5 Å². The van der Waals surface area contributed by atoms with Gasteiger partial charge in [0.2, 0.25) is 0 Å². The molecule has 0 spiro atoms. The molecule has 0 heterocycles. The Morgan fingerprint density at radius 3 is 1.84 bits per heavy atom. The minimum atomic E-state index is -4.69. The van der Waals surface area contributed by atoms with Crippen LogP contribution < -0.4 is 5.73 Å². The zero-order chi connectivity index (χ0) is 32.9. The average Bonchev–Trinajstić information content (AvgIpc) is 2.98. The third-order valence-corrected chi connectivity index (χ3v) is 7.31. The molecule has 0 radical (unpaired) electrons. The van der Waals surface area contributed by atoms with Crippen LogP contribution in [-0.4, -0.2) is 59.9 Å². The first-order valence-corrected chi connectivity index (χ1v) is 17.5. The van der Waals surface area contributed by atoms with E-state index >= 15 is 0 Å². The Morgan fingerprint density at radius 1 is 0.705 bits per heavy atom. The van der Waals surface area contributed by atoms with Gasteiger partial charge in [0.05, 0.1) is 13.2 Å². The van der Waals surface area contributed by atoms with E-state index in [9.17, 15) is 23.8 Å². The van der Waals surface area contributed by atoms with Gasteiger partial charge in [-0.1, -0.05) is 88.8 Å². The number of phosphoric ester groups is 1. The van der Waals surface area contributed by atoms with E-state index in [0.717, 1.165) is 51.4 Å². The molecule has 0 saturated carbocycles. The molecule has 0 saturated heterocycles. The van der Waals surface area contributed by atoms with Crippen LogP contribution >= 0.6 is 7.82 Å². The summed E-state index contributed by atoms with van der Waals surface area (Å²) in [5.41, 5.74) is 5.25. The molecule has 44 heavy (non-hydrogen) atoms. The van der Waals surface area contributed by atoms with Gasteiger partial charge in [-0.3, -0.25) is 23.4 Å². The summed E-state index contributed by atoms with van der Waals surface area (Å²) in [5, 5.41) is 8.76. The van der Waals surface area contributed by atoms with Gasteiger partial charge in [-0.05, 0) is 51.4 Å². The average molecular weight is 646 g/mol. The lowest BCUT2D eigenvalue weighted by atomic mass is 10.1. The summed E-state index contributed by atoms with van der Waals surface area (Å²) in [5.74, 6) is -2.47. The first-order chi connectivity index (χ1) is 21.1. The largest absolute Gasteiger partial charge is 0.480 e. The Hall–Kier alpha value is -2.30. The van der Waals surface area contributed by atoms with Crippen molar-refractivity contribution in [3.63, 3.8) is 0 Å². The number of phosphoric acid groups is 1. The molecular weight excluding hydrogens is 589 g/mol. The highest BCUT2D eigenvalue weighted by Gasteiger charge is 2.28. The van der Waals surface area contributed by atoms with Gasteiger partial charge in [-0.25, -0.2) is 4.57 Å². The molecule has 3 atom stereocenters. The second kappa shape index (κ2) is 28.2. The molecule has 0 aromatic heterocycles. The highest BCUT2D eigenvalue weighted by atomic mass is 31.2. The van der Waals surface area contributed by atoms with Crippen LogP contribution in [0.4, 0.5) is 0 Å². The fourth-order valence-electron chi connectivity index (χ4n) is 3.81. The number of hydrogen-bond donors (Lipinski definition) is 3. The summed E-state index contributed by atoms with van der Waals surface area (Å²) in [6.07, 6.45) is 26.9. The quantitative estimate of drug-likeness (QED) is 0.0333. The van der Waals surface area contributed by atoms with Crippen LogP contribution in [0.1, 0.15) is 117 Å². The standard InChI is InChI=1S/C32H56NO10P/c1-3-5-6-7-8-9-10-11-12-13-14-15-16-17-18-19-20-21-22-24-31(35)43-28(25-40-30(34)23-4-2)26-41-44(38,39)42-27-29(33)32(36)37/h8-9,11-12,14-15,28-29H,3-7,10,13,16-27,33H2,1-2H3,(H,36,37)(H,38,39)/b9-8-,12-11-,15-14-. The zero-order valence-corrected chi connectivity index (χ0v) is 27.6. The Balaban J connectivity index is 4.17. The van der Waals surface area contributed by atoms with Crippen LogP contribution in [0, 0.1) is 0 Å². The van der Waals surface area contributed by atoms with E-state index in [1.165, 1.54) is 25.7 Å². The molecule has 0 fully saturated rings. The van der Waals surface area contributed by atoms with Crippen molar-refractivity contribution >= 4 is 25.7 Å². The maximum atomic E-state index is 12.3. The first kappa shape index (κ1) is 41.7. The van der Waals surface area contributed by atoms with Crippen molar-refractivity contribution in [1.29, 1.82) is 0 Å². The molecule has 3 unspecified atom stereocenters. The van der Waals surface area contributed by atoms with Crippen molar-refractivity contribution in [1.82, 2.24) is 0 Å². The minimum Gasteiger partial charge on any atom is -0.480 e. The predicted octanol–water partition coefficient (Wildman–Crippen LogP) is 6.94. The van der Waals surface area contributed by atoms with Gasteiger partial charge < -0.3 is 25.2 Å². The van der Waals surface area contributed by atoms with E-state index in [1.54, 1.807) is 6.92 Å². The van der Waals surface area contributed by atoms with E-state index in [2.05, 4.69) is 47.9 Å². The molecule has 0 bridgehead atoms. The SMILES string of the molecule is CCCCC/C=C\C/C=C\C/C=C\CCCCCCCCC(=O)OC(COC(=O)CCC)COP(=O)(O)OCC(N)C(=O)O. The molecule has 254 valence electrons. The number of hydrogen-bond acceptors (Lipinski definition) is 9. The molecular formula is C32H56NO10P. The van der Waals surface area contributed by atoms with E-state index in [4.69, 9.17) is 24.8 Å². The molecule has 0 aliphatic heterocycles. The van der Waals surface area contributed by atoms with Crippen molar-refractivity contribution in [2.45, 2.75) is 129 Å². The second-order valence-electron chi connectivity index (χ2n) is 10.6. The number of carbonyl (C=O) groups is 3. The number of allylic oxidation sites excluding steroid dienone is 6. The molecule has 0 aromatic carbocycles. The third-order valence-electron chi connectivity index (χ3n) is 6.36. The highest BCUT2D eigenvalue weighted by Crippen LogP contribution is 2.43. The number of carboxylic acids is 1. The van der Waals surface area contributed by atoms with Crippen molar-refractivity contribution < 1.29 is 47.5 Å². The first-order valence-electron chi connectivity index (χ1n) is 16.0. The predicted molar refractivity (Wildman–Crippen MR) is 171 cm³/mol. The van der Waals surface area contributed by atoms with Crippen molar-refractivity contribution in [2.24, 2.45) is 5.73 Å². The lowest BCUT2D eigenvalue weighted by Gasteiger charge is -2.20. The highest BCUT2D eigenvalue weighted by molar-refractivity contribution is 7.47. The number of nitrogens with two attached hydrogens (primary N) is 1. The topological polar surface area (TPSA) is 172 Å². The zero-order valence-electron chi connectivity index (χ0n) is 26.7. The fraction of sp³-hybridized carbons (Fsp3) is 0.719. The second-order valence-corrected chi connectivity index (χ2v) is 12.0. The van der Waals surface area contributed by atoms with Crippen LogP contribution in [-0.2, 0) is 37.5 Å². The normalized spacial score (nSPS) is 14.6. The number of carbonyl (C=O) groups excluding carboxylic acids is 2. The number of esters is 2. The minimum absolute atomic E-state index is 0.144. The number of rotatable bonds is 29. The van der Waals surface area contributed by atoms with E-state index in [0.29, 0.717) is 12.8 Å². The molecule has 12 heteroatoms. The Bertz CT molecular complexity index is 905. The van der Waals surface area contributed by atoms with E-state index in [-0.39, 0.29) is 19.4 Å². The van der Waals surface area contributed by atoms with Gasteiger partial charge in [0.25, 0.3) is 0 Å². The molecule has 0 aromatic rings. The molecule has 0 aliphatic carbocycles. The summed E-state index contributed by atoms with van der Waals surface area (Å²) < 4.78 is 31.8. The summed E-state index contributed by atoms with van der Waals surface area (Å²) in [4.78, 5) is 44.6. The Labute approximate surface area is 263 Å². The summed E-state index contributed by atoms with van der Waals surface area (Å²) >= 11 is 0. The fourth-order valence-corrected chi connectivity index (χ4v) is 4.59. The maximum absolute atomic E-state index is 12.3. The van der Waals surface area contributed by atoms with Gasteiger partial charge in [0.15, 0.2) is 6.10 Å². The van der Waals surface area contributed by atoms with Gasteiger partial charge in [0, 0.05) is 12.8 Å². The van der Waals surface area contributed by atoms with Gasteiger partial charge >= 0.3 is 25.7 Å². The van der Waals surface area contributed by atoms with Crippen LogP contribution in [0.5, 0.6) is 0 Å². The lowest BCUT2D eigenvalue weighted by Crippen LogP contribution is -2.34. The Kier molecular flexibility index (Phi) is 26.7. The Morgan fingerprint density at radius 2 is 1.25 bits per heavy atom. The molecule has 11 nitrogen and oxygen atoms in total. The molecule has 0 amide bonds. The number of ether oxygens (including phenoxy) is 2. The third kappa shape index (κ3) is 27.3. The van der Waals surface area contributed by atoms with Crippen LogP contribution in [0.25, 0.3) is 0 Å². The number of unbranched alkanes of at least 4 members (excludes halogenated alkanes) is 9. The molecule has 0 rings (SSSR count). The van der Waals surface area contributed by atoms with Gasteiger partial charge in [0.1, 0.15) is 12.6 Å². The molecule has 4 N–H and O–H groups in total.